The molecule has 0 spiro atoms. The molecule has 0 amide bonds. The number of rotatable bonds is 2. The summed E-state index contributed by atoms with van der Waals surface area (Å²) in [6.45, 7) is -7.10. The maximum absolute atomic E-state index is 13.8. The van der Waals surface area contributed by atoms with E-state index in [-0.39, 0.29) is 10.9 Å². The number of fused-ring (bicyclic) bond motifs is 3. The summed E-state index contributed by atoms with van der Waals surface area (Å²) < 4.78 is 107. The molecule has 2 heterocycles. The third-order valence-corrected chi connectivity index (χ3v) is 3.63. The maximum Gasteiger partial charge on any atom is 0.170 e. The molecule has 3 aromatic rings. The standard InChI is InChI=1S/C18H19N3O/c1-12-19-9-10-21(12)11-13-7-8-16-17(18(13)22)14-5-3-4-6-15(14)20(16)2/h3-6,9-10,13H,7-8,11H2,1-2H3/i1D3,2D3,7D2,8D2,9D,10D,13D. The molecule has 22 heavy (non-hydrogen) atoms. The molecular formula is C18H19N3O. The number of benzene rings is 1. The van der Waals surface area contributed by atoms with E-state index < -0.39 is 74.2 Å². The number of ketones is 1. The fourth-order valence-electron chi connectivity index (χ4n) is 2.57. The normalized spacial score (nSPS) is 35.6. The van der Waals surface area contributed by atoms with Crippen molar-refractivity contribution in [3.05, 3.63) is 53.7 Å². The van der Waals surface area contributed by atoms with E-state index >= 15 is 0 Å². The van der Waals surface area contributed by atoms with Crippen molar-refractivity contribution in [3.63, 3.8) is 0 Å². The van der Waals surface area contributed by atoms with Gasteiger partial charge in [-0.05, 0) is 25.7 Å². The molecule has 0 fully saturated rings. The number of aryl methyl sites for hydroxylation is 2. The van der Waals surface area contributed by atoms with Crippen LogP contribution in [0.3, 0.4) is 0 Å². The van der Waals surface area contributed by atoms with Crippen molar-refractivity contribution in [1.82, 2.24) is 14.1 Å². The van der Waals surface area contributed by atoms with Gasteiger partial charge < -0.3 is 9.13 Å². The van der Waals surface area contributed by atoms with E-state index in [0.29, 0.717) is 9.13 Å². The van der Waals surface area contributed by atoms with E-state index in [1.54, 1.807) is 0 Å². The first-order valence-corrected chi connectivity index (χ1v) is 6.52. The fraction of sp³-hybridized carbons (Fsp3) is 0.333. The van der Waals surface area contributed by atoms with Crippen LogP contribution in [-0.4, -0.2) is 19.9 Å². The zero-order chi connectivity index (χ0) is 26.5. The number of para-hydroxylation sites is 1. The molecule has 1 unspecified atom stereocenters. The molecule has 2 aromatic heterocycles. The second-order valence-corrected chi connectivity index (χ2v) is 4.88. The van der Waals surface area contributed by atoms with Crippen molar-refractivity contribution >= 4 is 16.7 Å². The molecule has 4 rings (SSSR count). The first kappa shape index (κ1) is 5.37. The van der Waals surface area contributed by atoms with Gasteiger partial charge in [0.1, 0.15) is 5.82 Å². The van der Waals surface area contributed by atoms with E-state index in [9.17, 15) is 4.79 Å². The number of nitrogens with zero attached hydrogens (tertiary/aromatic N) is 3. The summed E-state index contributed by atoms with van der Waals surface area (Å²) in [5.41, 5.74) is -1.30. The summed E-state index contributed by atoms with van der Waals surface area (Å²) in [7, 11) is 0. The van der Waals surface area contributed by atoms with Gasteiger partial charge in [-0.15, -0.1) is 0 Å². The summed E-state index contributed by atoms with van der Waals surface area (Å²) >= 11 is 0. The van der Waals surface area contributed by atoms with Crippen LogP contribution in [0.25, 0.3) is 10.9 Å². The molecule has 0 aliphatic heterocycles. The van der Waals surface area contributed by atoms with Gasteiger partial charge in [0.05, 0.1) is 2.74 Å². The van der Waals surface area contributed by atoms with Crippen LogP contribution in [0.1, 0.15) is 46.1 Å². The highest BCUT2D eigenvalue weighted by Gasteiger charge is 2.32. The monoisotopic (exact) mass is 306 g/mol. The molecular weight excluding hydrogens is 274 g/mol. The lowest BCUT2D eigenvalue weighted by molar-refractivity contribution is 0.0888. The van der Waals surface area contributed by atoms with Gasteiger partial charge in [-0.1, -0.05) is 18.2 Å². The van der Waals surface area contributed by atoms with Gasteiger partial charge in [0, 0.05) is 69.0 Å². The molecule has 4 nitrogen and oxygen atoms in total. The Kier molecular flexibility index (Phi) is 1.18. The van der Waals surface area contributed by atoms with Gasteiger partial charge in [-0.2, -0.15) is 0 Å². The Morgan fingerprint density at radius 3 is 3.32 bits per heavy atom. The van der Waals surface area contributed by atoms with E-state index in [2.05, 4.69) is 4.98 Å². The third-order valence-electron chi connectivity index (χ3n) is 3.63. The molecule has 1 aliphatic rings. The van der Waals surface area contributed by atoms with Crippen LogP contribution >= 0.6 is 0 Å². The van der Waals surface area contributed by atoms with E-state index in [1.165, 1.54) is 24.3 Å². The average molecular weight is 306 g/mol. The van der Waals surface area contributed by atoms with Crippen LogP contribution in [0.5, 0.6) is 0 Å². The maximum atomic E-state index is 13.8. The number of Topliss-reactive ketones (excluding diaryl/α,β-unsaturated/α-hetero) is 1. The molecule has 1 atom stereocenters. The smallest absolute Gasteiger partial charge is 0.170 e. The number of carbonyl (C=O) groups excluding carboxylic acids is 1. The Labute approximate surface area is 147 Å². The molecule has 0 radical (unpaired) electrons. The Hall–Kier alpha value is -2.36. The topological polar surface area (TPSA) is 39.8 Å². The van der Waals surface area contributed by atoms with Crippen LogP contribution < -0.4 is 0 Å². The predicted molar refractivity (Wildman–Crippen MR) is 86.0 cm³/mol. The van der Waals surface area contributed by atoms with E-state index in [4.69, 9.17) is 17.8 Å². The predicted octanol–water partition coefficient (Wildman–Crippen LogP) is 3.13. The Morgan fingerprint density at radius 1 is 1.55 bits per heavy atom. The summed E-state index contributed by atoms with van der Waals surface area (Å²) in [5, 5.41) is -0.00595. The fourth-order valence-corrected chi connectivity index (χ4v) is 2.57. The van der Waals surface area contributed by atoms with E-state index in [1.807, 2.05) is 0 Å². The Morgan fingerprint density at radius 2 is 2.45 bits per heavy atom. The van der Waals surface area contributed by atoms with Crippen LogP contribution in [0, 0.1) is 12.7 Å². The first-order valence-electron chi connectivity index (χ1n) is 13.0. The molecule has 1 aliphatic carbocycles. The minimum atomic E-state index is -3.40. The number of hydrogen-bond donors (Lipinski definition) is 0. The zero-order valence-corrected chi connectivity index (χ0v) is 11.3. The molecule has 1 aromatic carbocycles. The van der Waals surface area contributed by atoms with Crippen molar-refractivity contribution in [2.24, 2.45) is 12.9 Å². The van der Waals surface area contributed by atoms with Gasteiger partial charge in [-0.25, -0.2) is 4.98 Å². The van der Waals surface area contributed by atoms with Gasteiger partial charge in [-0.3, -0.25) is 4.79 Å². The lowest BCUT2D eigenvalue weighted by atomic mass is 9.85. The lowest BCUT2D eigenvalue weighted by Crippen LogP contribution is -2.27. The quantitative estimate of drug-likeness (QED) is 0.730. The summed E-state index contributed by atoms with van der Waals surface area (Å²) in [5.74, 6) is -5.14. The van der Waals surface area contributed by atoms with Crippen molar-refractivity contribution in [1.29, 1.82) is 0 Å². The number of carbonyl (C=O) groups is 1. The SMILES string of the molecule is [2H]c1nc(C([2H])([2H])[2H])n(CC2([2H])C(=O)c3c(n(C([2H])([2H])[2H])c4ccccc34)C([2H])([2H])C2([2H])[2H])c1[2H]. The third kappa shape index (κ3) is 1.83. The van der Waals surface area contributed by atoms with Crippen LogP contribution in [0.2, 0.25) is 0 Å². The molecule has 0 saturated heterocycles. The highest BCUT2D eigenvalue weighted by molar-refractivity contribution is 6.11. The lowest BCUT2D eigenvalue weighted by Gasteiger charge is -2.23. The van der Waals surface area contributed by atoms with Crippen LogP contribution in [0.4, 0.5) is 0 Å². The summed E-state index contributed by atoms with van der Waals surface area (Å²) in [6, 6.07) is 5.63. The van der Waals surface area contributed by atoms with Gasteiger partial charge >= 0.3 is 0 Å². The van der Waals surface area contributed by atoms with E-state index in [0.717, 1.165) is 0 Å². The number of hydrogen-bond acceptors (Lipinski definition) is 2. The average Bonchev–Trinajstić information content (AvgIpc) is 3.22. The highest BCUT2D eigenvalue weighted by Crippen LogP contribution is 2.34. The Bertz CT molecular complexity index is 1360. The summed E-state index contributed by atoms with van der Waals surface area (Å²) in [4.78, 5) is 17.3. The first-order chi connectivity index (χ1) is 15.8. The largest absolute Gasteiger partial charge is 0.347 e. The van der Waals surface area contributed by atoms with Crippen LogP contribution in [0.15, 0.2) is 36.6 Å². The second kappa shape index (κ2) is 4.83. The van der Waals surface area contributed by atoms with Crippen molar-refractivity contribution in [3.8, 4) is 0 Å². The molecule has 0 saturated carbocycles. The van der Waals surface area contributed by atoms with Crippen LogP contribution in [-0.2, 0) is 19.9 Å². The van der Waals surface area contributed by atoms with Crippen molar-refractivity contribution in [2.75, 3.05) is 0 Å². The van der Waals surface area contributed by atoms with Gasteiger partial charge in [0.25, 0.3) is 0 Å². The Balaban J connectivity index is 2.07. The molecule has 4 heteroatoms. The summed E-state index contributed by atoms with van der Waals surface area (Å²) in [6.07, 6.45) is -8.17. The highest BCUT2D eigenvalue weighted by atomic mass is 16.1. The molecule has 0 N–H and O–H groups in total. The van der Waals surface area contributed by atoms with Crippen molar-refractivity contribution in [2.45, 2.75) is 26.1 Å². The van der Waals surface area contributed by atoms with Gasteiger partial charge in [0.2, 0.25) is 0 Å². The molecule has 112 valence electrons. The minimum Gasteiger partial charge on any atom is -0.347 e. The van der Waals surface area contributed by atoms with Crippen molar-refractivity contribution < 1.29 is 22.6 Å². The van der Waals surface area contributed by atoms with Gasteiger partial charge in [0.15, 0.2) is 5.78 Å². The number of aromatic nitrogens is 3. The number of imidazole rings is 1. The molecule has 0 bridgehead atoms. The second-order valence-electron chi connectivity index (χ2n) is 4.88. The minimum absolute atomic E-state index is 0.00595. The zero-order valence-electron chi connectivity index (χ0n) is 24.3.